The molecule has 0 aliphatic carbocycles. The minimum atomic E-state index is 0. The highest BCUT2D eigenvalue weighted by molar-refractivity contribution is 14.0. The zero-order chi connectivity index (χ0) is 14.8. The second kappa shape index (κ2) is 11.2. The van der Waals surface area contributed by atoms with Crippen molar-refractivity contribution < 1.29 is 9.47 Å². The van der Waals surface area contributed by atoms with Gasteiger partial charge in [-0.1, -0.05) is 12.1 Å². The number of benzene rings is 1. The highest BCUT2D eigenvalue weighted by atomic mass is 127. The zero-order valence-electron chi connectivity index (χ0n) is 12.8. The van der Waals surface area contributed by atoms with Crippen molar-refractivity contribution in [3.8, 4) is 11.5 Å². The Balaban J connectivity index is 0.00000400. The topological polar surface area (TPSA) is 54.9 Å². The van der Waals surface area contributed by atoms with Gasteiger partial charge in [0, 0.05) is 19.7 Å². The number of nitrogens with one attached hydrogen (secondary N) is 2. The molecule has 1 aromatic carbocycles. The molecule has 0 aliphatic rings. The first kappa shape index (κ1) is 19.6. The molecule has 0 aliphatic heterocycles. The van der Waals surface area contributed by atoms with Gasteiger partial charge >= 0.3 is 0 Å². The van der Waals surface area contributed by atoms with Gasteiger partial charge in [0.1, 0.15) is 17.6 Å². The number of hydrogen-bond acceptors (Lipinski definition) is 3. The van der Waals surface area contributed by atoms with E-state index in [9.17, 15) is 0 Å². The average Bonchev–Trinajstić information content (AvgIpc) is 2.47. The zero-order valence-corrected chi connectivity index (χ0v) is 15.1. The molecule has 0 spiro atoms. The van der Waals surface area contributed by atoms with Crippen molar-refractivity contribution >= 4 is 29.9 Å². The molecule has 0 saturated carbocycles. The van der Waals surface area contributed by atoms with Crippen molar-refractivity contribution in [2.24, 2.45) is 4.99 Å². The van der Waals surface area contributed by atoms with Gasteiger partial charge in [-0.3, -0.25) is 4.99 Å². The third-order valence-corrected chi connectivity index (χ3v) is 2.57. The monoisotopic (exact) mass is 405 g/mol. The van der Waals surface area contributed by atoms with E-state index in [-0.39, 0.29) is 30.1 Å². The molecule has 5 nitrogen and oxygen atoms in total. The predicted molar refractivity (Wildman–Crippen MR) is 98.1 cm³/mol. The molecular formula is C15H24IN3O2. The van der Waals surface area contributed by atoms with Crippen molar-refractivity contribution in [3.63, 3.8) is 0 Å². The van der Waals surface area contributed by atoms with Crippen LogP contribution in [0.4, 0.5) is 0 Å². The largest absolute Gasteiger partial charge is 0.497 e. The van der Waals surface area contributed by atoms with Crippen LogP contribution in [0.3, 0.4) is 0 Å². The van der Waals surface area contributed by atoms with Crippen LogP contribution in [-0.2, 0) is 0 Å². The van der Waals surface area contributed by atoms with Gasteiger partial charge in [0.05, 0.1) is 13.7 Å². The Labute approximate surface area is 143 Å². The number of halogens is 1. The predicted octanol–water partition coefficient (Wildman–Crippen LogP) is 2.43. The van der Waals surface area contributed by atoms with E-state index in [1.54, 1.807) is 20.2 Å². The van der Waals surface area contributed by atoms with E-state index >= 15 is 0 Å². The second-order valence-corrected chi connectivity index (χ2v) is 4.23. The van der Waals surface area contributed by atoms with E-state index in [4.69, 9.17) is 9.47 Å². The van der Waals surface area contributed by atoms with Gasteiger partial charge < -0.3 is 20.1 Å². The quantitative estimate of drug-likeness (QED) is 0.317. The molecule has 1 unspecified atom stereocenters. The lowest BCUT2D eigenvalue weighted by Gasteiger charge is -2.17. The van der Waals surface area contributed by atoms with Crippen molar-refractivity contribution in [2.75, 3.05) is 27.2 Å². The lowest BCUT2D eigenvalue weighted by Crippen LogP contribution is -2.41. The maximum absolute atomic E-state index is 5.81. The molecule has 1 aromatic rings. The summed E-state index contributed by atoms with van der Waals surface area (Å²) < 4.78 is 11.0. The molecule has 0 saturated heterocycles. The molecule has 0 fully saturated rings. The summed E-state index contributed by atoms with van der Waals surface area (Å²) in [5.41, 5.74) is 0. The minimum absolute atomic E-state index is 0. The fourth-order valence-corrected chi connectivity index (χ4v) is 1.58. The van der Waals surface area contributed by atoms with Crippen LogP contribution in [0.5, 0.6) is 11.5 Å². The SMILES string of the molecule is C=CCNC(=NC)NCC(C)Oc1cccc(OC)c1.I. The Bertz CT molecular complexity index is 452. The normalized spacial score (nSPS) is 11.9. The van der Waals surface area contributed by atoms with Crippen molar-refractivity contribution in [2.45, 2.75) is 13.0 Å². The number of nitrogens with zero attached hydrogens (tertiary/aromatic N) is 1. The molecule has 6 heteroatoms. The summed E-state index contributed by atoms with van der Waals surface area (Å²) in [6.07, 6.45) is 1.78. The van der Waals surface area contributed by atoms with Gasteiger partial charge in [-0.25, -0.2) is 0 Å². The van der Waals surface area contributed by atoms with Crippen LogP contribution in [0.2, 0.25) is 0 Å². The van der Waals surface area contributed by atoms with E-state index in [1.807, 2.05) is 31.2 Å². The average molecular weight is 405 g/mol. The van der Waals surface area contributed by atoms with Gasteiger partial charge in [0.25, 0.3) is 0 Å². The van der Waals surface area contributed by atoms with E-state index in [0.717, 1.165) is 17.5 Å². The summed E-state index contributed by atoms with van der Waals surface area (Å²) in [5.74, 6) is 2.30. The third kappa shape index (κ3) is 7.79. The lowest BCUT2D eigenvalue weighted by atomic mass is 10.3. The molecule has 0 amide bonds. The van der Waals surface area contributed by atoms with Crippen LogP contribution in [-0.4, -0.2) is 39.3 Å². The Morgan fingerprint density at radius 2 is 2.10 bits per heavy atom. The van der Waals surface area contributed by atoms with Crippen LogP contribution in [0.15, 0.2) is 41.9 Å². The van der Waals surface area contributed by atoms with Gasteiger partial charge in [-0.2, -0.15) is 0 Å². The lowest BCUT2D eigenvalue weighted by molar-refractivity contribution is 0.223. The standard InChI is InChI=1S/C15H23N3O2.HI/c1-5-9-17-15(16-3)18-11-12(2)20-14-8-6-7-13(10-14)19-4;/h5-8,10,12H,1,9,11H2,2-4H3,(H2,16,17,18);1H. The first-order chi connectivity index (χ1) is 9.69. The number of guanidine groups is 1. The summed E-state index contributed by atoms with van der Waals surface area (Å²) in [6, 6.07) is 7.56. The summed E-state index contributed by atoms with van der Waals surface area (Å²) in [4.78, 5) is 4.10. The number of aliphatic imine (C=N–C) groups is 1. The Morgan fingerprint density at radius 1 is 1.38 bits per heavy atom. The highest BCUT2D eigenvalue weighted by Gasteiger charge is 2.06. The molecule has 0 bridgehead atoms. The maximum atomic E-state index is 5.81. The van der Waals surface area contributed by atoms with Gasteiger partial charge in [-0.15, -0.1) is 30.6 Å². The number of ether oxygens (including phenoxy) is 2. The molecule has 0 heterocycles. The van der Waals surface area contributed by atoms with Crippen LogP contribution in [0.25, 0.3) is 0 Å². The molecule has 1 atom stereocenters. The Kier molecular flexibility index (Phi) is 10.5. The summed E-state index contributed by atoms with van der Waals surface area (Å²) in [7, 11) is 3.37. The second-order valence-electron chi connectivity index (χ2n) is 4.23. The minimum Gasteiger partial charge on any atom is -0.497 e. The van der Waals surface area contributed by atoms with Gasteiger partial charge in [-0.05, 0) is 19.1 Å². The van der Waals surface area contributed by atoms with Crippen molar-refractivity contribution in [1.29, 1.82) is 0 Å². The smallest absolute Gasteiger partial charge is 0.191 e. The Hall–Kier alpha value is -1.44. The van der Waals surface area contributed by atoms with Gasteiger partial charge in [0.15, 0.2) is 5.96 Å². The molecule has 0 radical (unpaired) electrons. The highest BCUT2D eigenvalue weighted by Crippen LogP contribution is 2.19. The Morgan fingerprint density at radius 3 is 2.71 bits per heavy atom. The summed E-state index contributed by atoms with van der Waals surface area (Å²) in [6.45, 7) is 6.96. The number of methoxy groups -OCH3 is 1. The van der Waals surface area contributed by atoms with E-state index in [0.29, 0.717) is 13.1 Å². The van der Waals surface area contributed by atoms with Crippen molar-refractivity contribution in [3.05, 3.63) is 36.9 Å². The molecule has 118 valence electrons. The van der Waals surface area contributed by atoms with Crippen LogP contribution < -0.4 is 20.1 Å². The third-order valence-electron chi connectivity index (χ3n) is 2.57. The molecule has 0 aromatic heterocycles. The van der Waals surface area contributed by atoms with Gasteiger partial charge in [0.2, 0.25) is 0 Å². The molecule has 2 N–H and O–H groups in total. The van der Waals surface area contributed by atoms with Crippen LogP contribution >= 0.6 is 24.0 Å². The molecule has 21 heavy (non-hydrogen) atoms. The van der Waals surface area contributed by atoms with E-state index in [1.165, 1.54) is 0 Å². The first-order valence-electron chi connectivity index (χ1n) is 6.55. The first-order valence-corrected chi connectivity index (χ1v) is 6.55. The van der Waals surface area contributed by atoms with Crippen LogP contribution in [0.1, 0.15) is 6.92 Å². The molecule has 1 rings (SSSR count). The number of hydrogen-bond donors (Lipinski definition) is 2. The summed E-state index contributed by atoms with van der Waals surface area (Å²) >= 11 is 0. The fraction of sp³-hybridized carbons (Fsp3) is 0.400. The van der Waals surface area contributed by atoms with Crippen molar-refractivity contribution in [1.82, 2.24) is 10.6 Å². The maximum Gasteiger partial charge on any atom is 0.191 e. The van der Waals surface area contributed by atoms with Crippen LogP contribution in [0, 0.1) is 0 Å². The summed E-state index contributed by atoms with van der Waals surface area (Å²) in [5, 5.41) is 6.29. The molecular weight excluding hydrogens is 381 g/mol. The fourth-order valence-electron chi connectivity index (χ4n) is 1.58. The number of rotatable bonds is 7. The van der Waals surface area contributed by atoms with E-state index < -0.39 is 0 Å². The van der Waals surface area contributed by atoms with E-state index in [2.05, 4.69) is 22.2 Å².